The zero-order valence-corrected chi connectivity index (χ0v) is 11.5. The van der Waals surface area contributed by atoms with Crippen LogP contribution in [0.25, 0.3) is 0 Å². The summed E-state index contributed by atoms with van der Waals surface area (Å²) in [6.07, 6.45) is 5.17. The van der Waals surface area contributed by atoms with E-state index in [0.717, 1.165) is 32.6 Å². The molecule has 1 aromatic rings. The van der Waals surface area contributed by atoms with Crippen LogP contribution in [-0.4, -0.2) is 23.9 Å². The van der Waals surface area contributed by atoms with Crippen LogP contribution >= 0.6 is 0 Å². The van der Waals surface area contributed by atoms with E-state index >= 15 is 0 Å². The number of likely N-dealkylation sites (tertiary alicyclic amines) is 1. The number of carbonyl (C=O) groups is 1. The maximum atomic E-state index is 12.1. The highest BCUT2D eigenvalue weighted by Gasteiger charge is 2.16. The summed E-state index contributed by atoms with van der Waals surface area (Å²) >= 11 is 0. The zero-order chi connectivity index (χ0) is 13.1. The van der Waals surface area contributed by atoms with Crippen molar-refractivity contribution in [2.75, 3.05) is 13.1 Å². The molecule has 1 aromatic carbocycles. The van der Waals surface area contributed by atoms with Crippen molar-refractivity contribution < 1.29 is 4.79 Å². The van der Waals surface area contributed by atoms with Crippen LogP contribution in [0.15, 0.2) is 18.2 Å². The lowest BCUT2D eigenvalue weighted by Gasteiger charge is -2.26. The van der Waals surface area contributed by atoms with Crippen molar-refractivity contribution in [1.82, 2.24) is 10.2 Å². The molecule has 1 fully saturated rings. The molecule has 3 nitrogen and oxygen atoms in total. The van der Waals surface area contributed by atoms with Gasteiger partial charge in [0.2, 0.25) is 5.91 Å². The Morgan fingerprint density at radius 2 is 1.89 bits per heavy atom. The van der Waals surface area contributed by atoms with Gasteiger partial charge in [-0.3, -0.25) is 4.79 Å². The molecule has 1 amide bonds. The van der Waals surface area contributed by atoms with Gasteiger partial charge in [-0.25, -0.2) is 0 Å². The third kappa shape index (κ3) is 2.98. The van der Waals surface area contributed by atoms with E-state index in [9.17, 15) is 4.79 Å². The fraction of sp³-hybridized carbons (Fsp3) is 0.562. The Labute approximate surface area is 115 Å². The van der Waals surface area contributed by atoms with Crippen molar-refractivity contribution in [2.45, 2.75) is 45.2 Å². The highest BCUT2D eigenvalue weighted by molar-refractivity contribution is 5.76. The van der Waals surface area contributed by atoms with Crippen molar-refractivity contribution in [3.05, 3.63) is 34.9 Å². The second-order valence-electron chi connectivity index (χ2n) is 5.65. The molecule has 3 rings (SSSR count). The van der Waals surface area contributed by atoms with Crippen LogP contribution in [0.3, 0.4) is 0 Å². The van der Waals surface area contributed by atoms with E-state index in [0.29, 0.717) is 12.3 Å². The number of hydrogen-bond acceptors (Lipinski definition) is 2. The average Bonchev–Trinajstić information content (AvgIpc) is 2.93. The van der Waals surface area contributed by atoms with Crippen LogP contribution in [0.5, 0.6) is 0 Å². The molecule has 0 radical (unpaired) electrons. The van der Waals surface area contributed by atoms with Gasteiger partial charge in [0, 0.05) is 32.6 Å². The molecule has 1 saturated heterocycles. The molecule has 0 unspecified atom stereocenters. The van der Waals surface area contributed by atoms with Gasteiger partial charge < -0.3 is 10.2 Å². The number of amides is 1. The maximum absolute atomic E-state index is 12.1. The fourth-order valence-corrected chi connectivity index (χ4v) is 3.06. The van der Waals surface area contributed by atoms with Gasteiger partial charge in [0.05, 0.1) is 0 Å². The number of nitrogens with zero attached hydrogens (tertiary/aromatic N) is 1. The lowest BCUT2D eigenvalue weighted by molar-refractivity contribution is -0.132. The van der Waals surface area contributed by atoms with Crippen LogP contribution in [0.4, 0.5) is 0 Å². The number of nitrogens with one attached hydrogen (secondary N) is 1. The molecule has 0 aromatic heterocycles. The fourth-order valence-electron chi connectivity index (χ4n) is 3.06. The zero-order valence-electron chi connectivity index (χ0n) is 11.5. The van der Waals surface area contributed by atoms with Gasteiger partial charge in [0.15, 0.2) is 0 Å². The van der Waals surface area contributed by atoms with Gasteiger partial charge >= 0.3 is 0 Å². The number of aryl methyl sites for hydroxylation is 1. The van der Waals surface area contributed by atoms with E-state index in [1.807, 2.05) is 4.90 Å². The van der Waals surface area contributed by atoms with Crippen LogP contribution in [0.2, 0.25) is 0 Å². The average molecular weight is 258 g/mol. The molecule has 0 aliphatic carbocycles. The Morgan fingerprint density at radius 3 is 2.74 bits per heavy atom. The molecule has 0 saturated carbocycles. The van der Waals surface area contributed by atoms with E-state index in [4.69, 9.17) is 0 Å². The molecule has 0 atom stereocenters. The number of benzene rings is 1. The standard InChI is InChI=1S/C16H22N2O/c19-16(18-8-2-1-3-9-18)7-5-13-4-6-14-11-17-12-15(14)10-13/h4,6,10,17H,1-3,5,7-9,11-12H2. The van der Waals surface area contributed by atoms with E-state index in [1.54, 1.807) is 0 Å². The number of piperidine rings is 1. The van der Waals surface area contributed by atoms with Crippen LogP contribution in [0.1, 0.15) is 42.4 Å². The summed E-state index contributed by atoms with van der Waals surface area (Å²) < 4.78 is 0. The smallest absolute Gasteiger partial charge is 0.222 e. The van der Waals surface area contributed by atoms with Crippen molar-refractivity contribution >= 4 is 5.91 Å². The summed E-state index contributed by atoms with van der Waals surface area (Å²) in [5.74, 6) is 0.332. The largest absolute Gasteiger partial charge is 0.343 e. The quantitative estimate of drug-likeness (QED) is 0.901. The SMILES string of the molecule is O=C(CCc1ccc2c(c1)CNC2)N1CCCCC1. The van der Waals surface area contributed by atoms with Gasteiger partial charge in [0.25, 0.3) is 0 Å². The summed E-state index contributed by atoms with van der Waals surface area (Å²) in [5.41, 5.74) is 4.11. The minimum atomic E-state index is 0.332. The van der Waals surface area contributed by atoms with Crippen molar-refractivity contribution in [3.8, 4) is 0 Å². The summed E-state index contributed by atoms with van der Waals surface area (Å²) in [7, 11) is 0. The third-order valence-electron chi connectivity index (χ3n) is 4.24. The molecule has 0 spiro atoms. The number of rotatable bonds is 3. The molecule has 2 heterocycles. The molecule has 2 aliphatic rings. The molecular formula is C16H22N2O. The van der Waals surface area contributed by atoms with Gasteiger partial charge in [-0.2, -0.15) is 0 Å². The Kier molecular flexibility index (Phi) is 3.83. The van der Waals surface area contributed by atoms with Crippen molar-refractivity contribution in [3.63, 3.8) is 0 Å². The summed E-state index contributed by atoms with van der Waals surface area (Å²) in [6.45, 7) is 3.89. The van der Waals surface area contributed by atoms with Gasteiger partial charge in [0.1, 0.15) is 0 Å². The Balaban J connectivity index is 1.55. The minimum absolute atomic E-state index is 0.332. The lowest BCUT2D eigenvalue weighted by atomic mass is 10.0. The summed E-state index contributed by atoms with van der Waals surface area (Å²) in [6, 6.07) is 6.64. The van der Waals surface area contributed by atoms with Gasteiger partial charge in [-0.1, -0.05) is 18.2 Å². The first kappa shape index (κ1) is 12.7. The first-order chi connectivity index (χ1) is 9.33. The Bertz CT molecular complexity index is 464. The highest BCUT2D eigenvalue weighted by Crippen LogP contribution is 2.18. The Morgan fingerprint density at radius 1 is 1.11 bits per heavy atom. The van der Waals surface area contributed by atoms with Crippen LogP contribution < -0.4 is 5.32 Å². The minimum Gasteiger partial charge on any atom is -0.343 e. The number of carbonyl (C=O) groups excluding carboxylic acids is 1. The number of fused-ring (bicyclic) bond motifs is 1. The van der Waals surface area contributed by atoms with Crippen molar-refractivity contribution in [1.29, 1.82) is 0 Å². The lowest BCUT2D eigenvalue weighted by Crippen LogP contribution is -2.35. The Hall–Kier alpha value is -1.35. The normalized spacial score (nSPS) is 18.4. The third-order valence-corrected chi connectivity index (χ3v) is 4.24. The van der Waals surface area contributed by atoms with Crippen LogP contribution in [0, 0.1) is 0 Å². The van der Waals surface area contributed by atoms with E-state index in [1.165, 1.54) is 36.0 Å². The highest BCUT2D eigenvalue weighted by atomic mass is 16.2. The molecule has 2 aliphatic heterocycles. The molecular weight excluding hydrogens is 236 g/mol. The summed E-state index contributed by atoms with van der Waals surface area (Å²) in [5, 5.41) is 3.36. The van der Waals surface area contributed by atoms with Gasteiger partial charge in [-0.15, -0.1) is 0 Å². The number of hydrogen-bond donors (Lipinski definition) is 1. The van der Waals surface area contributed by atoms with E-state index < -0.39 is 0 Å². The molecule has 0 bridgehead atoms. The second kappa shape index (κ2) is 5.74. The van der Waals surface area contributed by atoms with E-state index in [2.05, 4.69) is 23.5 Å². The molecule has 3 heteroatoms. The predicted octanol–water partition coefficient (Wildman–Crippen LogP) is 2.23. The van der Waals surface area contributed by atoms with Gasteiger partial charge in [-0.05, 0) is 42.4 Å². The van der Waals surface area contributed by atoms with Crippen LogP contribution in [-0.2, 0) is 24.3 Å². The molecule has 19 heavy (non-hydrogen) atoms. The van der Waals surface area contributed by atoms with E-state index in [-0.39, 0.29) is 0 Å². The topological polar surface area (TPSA) is 32.3 Å². The monoisotopic (exact) mass is 258 g/mol. The first-order valence-electron chi connectivity index (χ1n) is 7.42. The predicted molar refractivity (Wildman–Crippen MR) is 75.7 cm³/mol. The molecule has 1 N–H and O–H groups in total. The summed E-state index contributed by atoms with van der Waals surface area (Å²) in [4.78, 5) is 14.2. The van der Waals surface area contributed by atoms with Crippen molar-refractivity contribution in [2.24, 2.45) is 0 Å². The first-order valence-corrected chi connectivity index (χ1v) is 7.42. The molecule has 102 valence electrons. The second-order valence-corrected chi connectivity index (χ2v) is 5.65. The maximum Gasteiger partial charge on any atom is 0.222 e.